The maximum atomic E-state index is 13.8. The van der Waals surface area contributed by atoms with Gasteiger partial charge in [0.2, 0.25) is 5.91 Å². The van der Waals surface area contributed by atoms with E-state index in [4.69, 9.17) is 10.7 Å². The average molecular weight is 486 g/mol. The monoisotopic (exact) mass is 485 g/mol. The molecule has 1 atom stereocenters. The fraction of sp³-hybridized carbons (Fsp3) is 0.286. The minimum absolute atomic E-state index is 0.0753. The summed E-state index contributed by atoms with van der Waals surface area (Å²) in [6.45, 7) is 1.58. The normalized spacial score (nSPS) is 15.8. The molecule has 1 fully saturated rings. The van der Waals surface area contributed by atoms with E-state index in [1.54, 1.807) is 16.9 Å². The Morgan fingerprint density at radius 2 is 1.92 bits per heavy atom. The van der Waals surface area contributed by atoms with Gasteiger partial charge < -0.3 is 10.6 Å². The Morgan fingerprint density at radius 3 is 2.69 bits per heavy atom. The molecule has 3 heterocycles. The molecule has 2 amide bonds. The number of halogens is 1. The van der Waals surface area contributed by atoms with E-state index in [1.807, 2.05) is 47.4 Å². The molecule has 8 heteroatoms. The van der Waals surface area contributed by atoms with Crippen LogP contribution >= 0.6 is 0 Å². The van der Waals surface area contributed by atoms with E-state index in [-0.39, 0.29) is 23.5 Å². The number of hydrogen-bond acceptors (Lipinski definition) is 4. The van der Waals surface area contributed by atoms with E-state index < -0.39 is 0 Å². The molecular weight excluding hydrogens is 457 g/mol. The van der Waals surface area contributed by atoms with Crippen LogP contribution in [0.5, 0.6) is 0 Å². The van der Waals surface area contributed by atoms with E-state index in [9.17, 15) is 14.0 Å². The molecule has 4 aromatic rings. The summed E-state index contributed by atoms with van der Waals surface area (Å²) < 4.78 is 15.5. The quantitative estimate of drug-likeness (QED) is 0.420. The largest absolute Gasteiger partial charge is 0.370 e. The number of aromatic nitrogens is 3. The third-order valence-corrected chi connectivity index (χ3v) is 6.74. The highest BCUT2D eigenvalue weighted by Crippen LogP contribution is 2.28. The summed E-state index contributed by atoms with van der Waals surface area (Å²) in [5.74, 6) is -0.452. The van der Waals surface area contributed by atoms with Crippen LogP contribution in [0.25, 0.3) is 22.3 Å². The topological polar surface area (TPSA) is 94.1 Å². The summed E-state index contributed by atoms with van der Waals surface area (Å²) >= 11 is 0. The number of carbonyl (C=O) groups is 2. The Morgan fingerprint density at radius 1 is 1.08 bits per heavy atom. The Hall–Kier alpha value is -4.07. The Bertz CT molecular complexity index is 1400. The zero-order valence-electron chi connectivity index (χ0n) is 19.9. The van der Waals surface area contributed by atoms with E-state index in [0.29, 0.717) is 54.8 Å². The van der Waals surface area contributed by atoms with Crippen LogP contribution in [-0.4, -0.2) is 44.6 Å². The van der Waals surface area contributed by atoms with Gasteiger partial charge in [-0.2, -0.15) is 5.10 Å². The Kier molecular flexibility index (Phi) is 6.75. The van der Waals surface area contributed by atoms with E-state index in [0.717, 1.165) is 24.0 Å². The number of primary amides is 1. The van der Waals surface area contributed by atoms with Crippen molar-refractivity contribution in [3.63, 3.8) is 0 Å². The number of pyridine rings is 1. The van der Waals surface area contributed by atoms with Gasteiger partial charge in [-0.1, -0.05) is 42.5 Å². The van der Waals surface area contributed by atoms with Crippen LogP contribution < -0.4 is 5.73 Å². The summed E-state index contributed by atoms with van der Waals surface area (Å²) in [6, 6.07) is 17.9. The summed E-state index contributed by atoms with van der Waals surface area (Å²) in [6.07, 6.45) is 4.54. The molecule has 0 radical (unpaired) electrons. The van der Waals surface area contributed by atoms with Gasteiger partial charge in [0.15, 0.2) is 5.65 Å². The van der Waals surface area contributed by atoms with Crippen LogP contribution in [0.4, 0.5) is 4.39 Å². The molecule has 1 aliphatic rings. The summed E-state index contributed by atoms with van der Waals surface area (Å²) in [5.41, 5.74) is 8.78. The molecule has 5 rings (SSSR count). The van der Waals surface area contributed by atoms with Gasteiger partial charge >= 0.3 is 0 Å². The van der Waals surface area contributed by atoms with Gasteiger partial charge in [-0.15, -0.1) is 0 Å². The van der Waals surface area contributed by atoms with Crippen molar-refractivity contribution in [3.8, 4) is 11.3 Å². The highest BCUT2D eigenvalue weighted by atomic mass is 19.1. The zero-order valence-corrected chi connectivity index (χ0v) is 19.9. The number of hydrogen-bond donors (Lipinski definition) is 1. The van der Waals surface area contributed by atoms with Crippen molar-refractivity contribution in [2.24, 2.45) is 11.7 Å². The second-order valence-corrected chi connectivity index (χ2v) is 9.35. The fourth-order valence-electron chi connectivity index (χ4n) is 4.91. The number of likely N-dealkylation sites (tertiary alicyclic amines) is 1. The molecular formula is C28H28FN5O2. The molecule has 2 aromatic carbocycles. The average Bonchev–Trinajstić information content (AvgIpc) is 3.29. The van der Waals surface area contributed by atoms with Gasteiger partial charge in [-0.25, -0.2) is 14.1 Å². The van der Waals surface area contributed by atoms with Gasteiger partial charge in [-0.05, 0) is 48.9 Å². The van der Waals surface area contributed by atoms with E-state index in [1.165, 1.54) is 12.1 Å². The van der Waals surface area contributed by atoms with Crippen molar-refractivity contribution >= 4 is 22.8 Å². The maximum absolute atomic E-state index is 13.8. The lowest BCUT2D eigenvalue weighted by atomic mass is 9.92. The van der Waals surface area contributed by atoms with Crippen molar-refractivity contribution in [2.45, 2.75) is 32.2 Å². The first-order chi connectivity index (χ1) is 17.5. The SMILES string of the molecule is NC(=O)CCC1CCCN(C(=O)c2cc(-c3ccccc3)nc3c2cnn3Cc2cccc(F)c2)C1. The van der Waals surface area contributed by atoms with E-state index >= 15 is 0 Å². The molecule has 0 saturated carbocycles. The van der Waals surface area contributed by atoms with Gasteiger partial charge in [0.25, 0.3) is 5.91 Å². The van der Waals surface area contributed by atoms with Crippen LogP contribution in [0.15, 0.2) is 66.9 Å². The smallest absolute Gasteiger partial charge is 0.254 e. The molecule has 1 unspecified atom stereocenters. The number of benzene rings is 2. The van der Waals surface area contributed by atoms with Gasteiger partial charge in [0.1, 0.15) is 5.82 Å². The number of carbonyl (C=O) groups excluding carboxylic acids is 2. The Balaban J connectivity index is 1.53. The van der Waals surface area contributed by atoms with Crippen molar-refractivity contribution in [1.82, 2.24) is 19.7 Å². The Labute approximate surface area is 208 Å². The lowest BCUT2D eigenvalue weighted by Gasteiger charge is -2.33. The third kappa shape index (κ3) is 5.12. The number of piperidine rings is 1. The standard InChI is InChI=1S/C28H28FN5O2/c29-22-10-4-6-20(14-22)18-34-27-24(16-31-34)23(15-25(32-27)21-8-2-1-3-9-21)28(36)33-13-5-7-19(17-33)11-12-26(30)35/h1-4,6,8-10,14-16,19H,5,7,11-13,17-18H2,(H2,30,35). The molecule has 7 nitrogen and oxygen atoms in total. The minimum Gasteiger partial charge on any atom is -0.370 e. The van der Waals surface area contributed by atoms with Crippen molar-refractivity contribution in [2.75, 3.05) is 13.1 Å². The lowest BCUT2D eigenvalue weighted by Crippen LogP contribution is -2.40. The van der Waals surface area contributed by atoms with Crippen molar-refractivity contribution in [3.05, 3.63) is 83.8 Å². The van der Waals surface area contributed by atoms with Crippen molar-refractivity contribution in [1.29, 1.82) is 0 Å². The van der Waals surface area contributed by atoms with Crippen LogP contribution in [0.2, 0.25) is 0 Å². The molecule has 2 N–H and O–H groups in total. The molecule has 1 saturated heterocycles. The highest BCUT2D eigenvalue weighted by molar-refractivity contribution is 6.06. The van der Waals surface area contributed by atoms with Gasteiger partial charge in [0, 0.05) is 25.1 Å². The highest BCUT2D eigenvalue weighted by Gasteiger charge is 2.27. The maximum Gasteiger partial charge on any atom is 0.254 e. The van der Waals surface area contributed by atoms with Crippen LogP contribution in [0, 0.1) is 11.7 Å². The molecule has 0 aliphatic carbocycles. The van der Waals surface area contributed by atoms with Crippen LogP contribution in [0.1, 0.15) is 41.6 Å². The lowest BCUT2D eigenvalue weighted by molar-refractivity contribution is -0.118. The van der Waals surface area contributed by atoms with Crippen LogP contribution in [-0.2, 0) is 11.3 Å². The first kappa shape index (κ1) is 23.7. The molecule has 184 valence electrons. The second kappa shape index (κ2) is 10.3. The number of fused-ring (bicyclic) bond motifs is 1. The summed E-state index contributed by atoms with van der Waals surface area (Å²) in [7, 11) is 0. The number of nitrogens with two attached hydrogens (primary N) is 1. The van der Waals surface area contributed by atoms with E-state index in [2.05, 4.69) is 5.10 Å². The summed E-state index contributed by atoms with van der Waals surface area (Å²) in [5, 5.41) is 5.18. The zero-order chi connectivity index (χ0) is 25.1. The predicted octanol–water partition coefficient (Wildman–Crippen LogP) is 4.40. The number of rotatable bonds is 7. The number of nitrogens with zero attached hydrogens (tertiary/aromatic N) is 4. The predicted molar refractivity (Wildman–Crippen MR) is 136 cm³/mol. The summed E-state index contributed by atoms with van der Waals surface area (Å²) in [4.78, 5) is 31.8. The first-order valence-electron chi connectivity index (χ1n) is 12.2. The van der Waals surface area contributed by atoms with Crippen molar-refractivity contribution < 1.29 is 14.0 Å². The fourth-order valence-corrected chi connectivity index (χ4v) is 4.91. The number of amides is 2. The molecule has 1 aliphatic heterocycles. The van der Waals surface area contributed by atoms with Gasteiger partial charge in [-0.3, -0.25) is 9.59 Å². The third-order valence-electron chi connectivity index (χ3n) is 6.74. The second-order valence-electron chi connectivity index (χ2n) is 9.35. The minimum atomic E-state index is -0.312. The first-order valence-corrected chi connectivity index (χ1v) is 12.2. The molecule has 36 heavy (non-hydrogen) atoms. The van der Waals surface area contributed by atoms with Gasteiger partial charge in [0.05, 0.1) is 29.4 Å². The molecule has 2 aromatic heterocycles. The molecule has 0 bridgehead atoms. The van der Waals surface area contributed by atoms with Crippen LogP contribution in [0.3, 0.4) is 0 Å². The molecule has 0 spiro atoms.